The van der Waals surface area contributed by atoms with E-state index in [2.05, 4.69) is 0 Å². The molecule has 0 atom stereocenters. The average Bonchev–Trinajstić information content (AvgIpc) is 2.62. The summed E-state index contributed by atoms with van der Waals surface area (Å²) in [5, 5.41) is -1.84. The zero-order chi connectivity index (χ0) is 19.9. The molecule has 0 radical (unpaired) electrons. The van der Waals surface area contributed by atoms with Crippen molar-refractivity contribution in [2.24, 2.45) is 0 Å². The van der Waals surface area contributed by atoms with Crippen LogP contribution >= 0.6 is 116 Å². The SMILES string of the molecule is O=S(Oc1c(Cl)c(Cl)c(Cl)c(Cl)c1Cl)Oc1c(Cl)c(Cl)c(Cl)c(Cl)c1Cl. The van der Waals surface area contributed by atoms with E-state index >= 15 is 0 Å². The second kappa shape index (κ2) is 9.27. The highest BCUT2D eigenvalue weighted by molar-refractivity contribution is 7.76. The van der Waals surface area contributed by atoms with Crippen LogP contribution in [0.3, 0.4) is 0 Å². The van der Waals surface area contributed by atoms with Gasteiger partial charge in [-0.05, 0) is 0 Å². The lowest BCUT2D eigenvalue weighted by molar-refractivity contribution is 0.462. The Hall–Kier alpha value is 1.09. The van der Waals surface area contributed by atoms with Gasteiger partial charge in [-0.3, -0.25) is 0 Å². The summed E-state index contributed by atoms with van der Waals surface area (Å²) in [4.78, 5) is 0. The Morgan fingerprint density at radius 2 is 0.615 bits per heavy atom. The Morgan fingerprint density at radius 3 is 0.846 bits per heavy atom. The molecule has 0 N–H and O–H groups in total. The van der Waals surface area contributed by atoms with Crippen molar-refractivity contribution in [3.05, 3.63) is 50.2 Å². The van der Waals surface area contributed by atoms with Gasteiger partial charge in [0, 0.05) is 0 Å². The van der Waals surface area contributed by atoms with Crippen molar-refractivity contribution in [2.45, 2.75) is 0 Å². The molecule has 0 saturated heterocycles. The molecular weight excluding hydrogens is 579 g/mol. The zero-order valence-corrected chi connectivity index (χ0v) is 19.8. The molecule has 2 aromatic rings. The topological polar surface area (TPSA) is 35.5 Å². The minimum absolute atomic E-state index is 0.107. The molecule has 2 aromatic carbocycles. The first-order chi connectivity index (χ1) is 12.0. The number of rotatable bonds is 4. The lowest BCUT2D eigenvalue weighted by Gasteiger charge is -2.14. The van der Waals surface area contributed by atoms with E-state index in [9.17, 15) is 4.21 Å². The van der Waals surface area contributed by atoms with E-state index in [-0.39, 0.29) is 61.7 Å². The largest absolute Gasteiger partial charge is 0.417 e. The Balaban J connectivity index is 2.41. The molecule has 0 aliphatic heterocycles. The average molecular weight is 579 g/mol. The molecule has 0 unspecified atom stereocenters. The van der Waals surface area contributed by atoms with E-state index < -0.39 is 11.4 Å². The lowest BCUT2D eigenvalue weighted by Crippen LogP contribution is -2.10. The normalized spacial score (nSPS) is 11.2. The van der Waals surface area contributed by atoms with Gasteiger partial charge in [-0.1, -0.05) is 116 Å². The number of halogens is 10. The van der Waals surface area contributed by atoms with Crippen LogP contribution in [0.4, 0.5) is 0 Å². The van der Waals surface area contributed by atoms with Crippen LogP contribution in [-0.2, 0) is 11.4 Å². The molecule has 0 fully saturated rings. The van der Waals surface area contributed by atoms with Crippen LogP contribution in [0, 0.1) is 0 Å². The molecule has 0 heterocycles. The molecule has 0 aliphatic carbocycles. The number of hydrogen-bond acceptors (Lipinski definition) is 3. The molecule has 0 spiro atoms. The van der Waals surface area contributed by atoms with Crippen molar-refractivity contribution in [3.63, 3.8) is 0 Å². The van der Waals surface area contributed by atoms with Crippen LogP contribution in [0.2, 0.25) is 50.2 Å². The predicted molar refractivity (Wildman–Crippen MR) is 112 cm³/mol. The summed E-state index contributed by atoms with van der Waals surface area (Å²) >= 11 is 56.6. The first-order valence-corrected chi connectivity index (χ1v) is 10.6. The van der Waals surface area contributed by atoms with Gasteiger partial charge in [-0.25, -0.2) is 0 Å². The molecule has 14 heteroatoms. The van der Waals surface area contributed by atoms with Gasteiger partial charge in [-0.2, -0.15) is 4.21 Å². The zero-order valence-electron chi connectivity index (χ0n) is 11.4. The predicted octanol–water partition coefficient (Wildman–Crippen LogP) is 9.26. The van der Waals surface area contributed by atoms with E-state index in [0.29, 0.717) is 0 Å². The Labute approximate surface area is 200 Å². The monoisotopic (exact) mass is 574 g/mol. The minimum atomic E-state index is -2.57. The molecule has 0 bridgehead atoms. The highest BCUT2D eigenvalue weighted by atomic mass is 35.5. The number of benzene rings is 2. The molecule has 0 amide bonds. The van der Waals surface area contributed by atoms with Crippen molar-refractivity contribution in [1.29, 1.82) is 0 Å². The van der Waals surface area contributed by atoms with Crippen molar-refractivity contribution < 1.29 is 12.6 Å². The Bertz CT molecular complexity index is 801. The van der Waals surface area contributed by atoms with Crippen LogP contribution in [0.15, 0.2) is 0 Å². The summed E-state index contributed by atoms with van der Waals surface area (Å²) < 4.78 is 22.3. The lowest BCUT2D eigenvalue weighted by atomic mass is 10.3. The maximum absolute atomic E-state index is 12.2. The van der Waals surface area contributed by atoms with Crippen molar-refractivity contribution in [1.82, 2.24) is 0 Å². The van der Waals surface area contributed by atoms with E-state index in [1.165, 1.54) is 0 Å². The highest BCUT2D eigenvalue weighted by Crippen LogP contribution is 2.50. The smallest absolute Gasteiger partial charge is 0.368 e. The third kappa shape index (κ3) is 4.47. The van der Waals surface area contributed by atoms with E-state index in [0.717, 1.165) is 0 Å². The molecule has 142 valence electrons. The molecule has 0 saturated carbocycles. The van der Waals surface area contributed by atoms with Crippen LogP contribution < -0.4 is 8.37 Å². The second-order valence-electron chi connectivity index (χ2n) is 4.17. The summed E-state index contributed by atoms with van der Waals surface area (Å²) in [6.07, 6.45) is 0. The fourth-order valence-electron chi connectivity index (χ4n) is 1.47. The fourth-order valence-corrected chi connectivity index (χ4v) is 4.69. The summed E-state index contributed by atoms with van der Waals surface area (Å²) in [7, 11) is 0. The third-order valence-corrected chi connectivity index (χ3v) is 7.73. The van der Waals surface area contributed by atoms with Crippen LogP contribution in [-0.4, -0.2) is 4.21 Å². The standard InChI is InChI=1S/C12Cl10O3S/c13-1-3(15)7(19)11(8(20)4(1)16)24-26(23)25-12-9(21)5(17)2(14)6(18)10(12)22. The Kier molecular flexibility index (Phi) is 8.33. The molecule has 0 aromatic heterocycles. The fraction of sp³-hybridized carbons (Fsp3) is 0. The van der Waals surface area contributed by atoms with Gasteiger partial charge < -0.3 is 8.37 Å². The van der Waals surface area contributed by atoms with Crippen molar-refractivity contribution >= 4 is 127 Å². The van der Waals surface area contributed by atoms with Crippen LogP contribution in [0.1, 0.15) is 0 Å². The van der Waals surface area contributed by atoms with Gasteiger partial charge >= 0.3 is 11.4 Å². The summed E-state index contributed by atoms with van der Waals surface area (Å²) in [6, 6.07) is 0. The molecular formula is C12Cl10O3S. The quantitative estimate of drug-likeness (QED) is 0.268. The van der Waals surface area contributed by atoms with Gasteiger partial charge in [0.25, 0.3) is 0 Å². The van der Waals surface area contributed by atoms with Gasteiger partial charge in [0.05, 0.1) is 30.1 Å². The van der Waals surface area contributed by atoms with Crippen LogP contribution in [0.5, 0.6) is 11.5 Å². The van der Waals surface area contributed by atoms with E-state index in [1.54, 1.807) is 0 Å². The molecule has 26 heavy (non-hydrogen) atoms. The summed E-state index contributed by atoms with van der Waals surface area (Å²) in [6.45, 7) is 0. The highest BCUT2D eigenvalue weighted by Gasteiger charge is 2.26. The third-order valence-electron chi connectivity index (χ3n) is 2.64. The van der Waals surface area contributed by atoms with Crippen molar-refractivity contribution in [3.8, 4) is 11.5 Å². The van der Waals surface area contributed by atoms with Gasteiger partial charge in [-0.15, -0.1) is 0 Å². The van der Waals surface area contributed by atoms with Crippen molar-refractivity contribution in [2.75, 3.05) is 0 Å². The van der Waals surface area contributed by atoms with Crippen LogP contribution in [0.25, 0.3) is 0 Å². The molecule has 3 nitrogen and oxygen atoms in total. The van der Waals surface area contributed by atoms with Gasteiger partial charge in [0.1, 0.15) is 20.1 Å². The molecule has 2 rings (SSSR count). The van der Waals surface area contributed by atoms with E-state index in [1.807, 2.05) is 0 Å². The maximum atomic E-state index is 12.2. The first-order valence-electron chi connectivity index (χ1n) is 5.80. The van der Waals surface area contributed by atoms with Gasteiger partial charge in [0.2, 0.25) is 0 Å². The summed E-state index contributed by atoms with van der Waals surface area (Å²) in [5.41, 5.74) is 0. The first kappa shape index (κ1) is 23.4. The maximum Gasteiger partial charge on any atom is 0.417 e. The minimum Gasteiger partial charge on any atom is -0.368 e. The Morgan fingerprint density at radius 1 is 0.423 bits per heavy atom. The molecule has 0 aliphatic rings. The summed E-state index contributed by atoms with van der Waals surface area (Å²) in [5.74, 6) is -0.686. The number of hydrogen-bond donors (Lipinski definition) is 0. The van der Waals surface area contributed by atoms with Gasteiger partial charge in [0.15, 0.2) is 11.5 Å². The second-order valence-corrected chi connectivity index (χ2v) is 8.69. The van der Waals surface area contributed by atoms with E-state index in [4.69, 9.17) is 124 Å².